The Bertz CT molecular complexity index is 462. The molecule has 1 aromatic rings. The van der Waals surface area contributed by atoms with Crippen LogP contribution in [0.25, 0.3) is 0 Å². The Morgan fingerprint density at radius 2 is 2.37 bits per heavy atom. The molecule has 1 unspecified atom stereocenters. The van der Waals surface area contributed by atoms with Gasteiger partial charge in [-0.3, -0.25) is 10.6 Å². The van der Waals surface area contributed by atoms with Crippen LogP contribution in [-0.2, 0) is 4.74 Å². The van der Waals surface area contributed by atoms with E-state index in [1.165, 1.54) is 0 Å². The van der Waals surface area contributed by atoms with Gasteiger partial charge in [0.1, 0.15) is 0 Å². The lowest BCUT2D eigenvalue weighted by Crippen LogP contribution is -2.48. The molecular formula is C14H21N3O2. The highest BCUT2D eigenvalue weighted by molar-refractivity contribution is 5.96. The smallest absolute Gasteiger partial charge is 0.254 e. The lowest BCUT2D eigenvalue weighted by molar-refractivity contribution is -0.00283. The molecule has 0 radical (unpaired) electrons. The number of rotatable bonds is 3. The Labute approximate surface area is 113 Å². The Kier molecular flexibility index (Phi) is 4.39. The van der Waals surface area contributed by atoms with Crippen LogP contribution in [0.2, 0.25) is 0 Å². The molecule has 1 aliphatic rings. The highest BCUT2D eigenvalue weighted by Crippen LogP contribution is 2.19. The van der Waals surface area contributed by atoms with Crippen molar-refractivity contribution in [3.8, 4) is 0 Å². The van der Waals surface area contributed by atoms with Crippen molar-refractivity contribution < 1.29 is 9.53 Å². The van der Waals surface area contributed by atoms with E-state index in [2.05, 4.69) is 12.3 Å². The third-order valence-electron chi connectivity index (χ3n) is 3.58. The first-order valence-corrected chi connectivity index (χ1v) is 6.63. The van der Waals surface area contributed by atoms with Crippen molar-refractivity contribution in [1.82, 2.24) is 4.90 Å². The monoisotopic (exact) mass is 263 g/mol. The lowest BCUT2D eigenvalue weighted by atomic mass is 10.0. The summed E-state index contributed by atoms with van der Waals surface area (Å²) >= 11 is 0. The standard InChI is InChI=1S/C14H21N3O2/c1-3-12-9-19-7-6-17(12)14(18)13-5-4-11(16-15)8-10(13)2/h4-5,8,12,16H,3,6-7,9,15H2,1-2H3. The second kappa shape index (κ2) is 6.04. The summed E-state index contributed by atoms with van der Waals surface area (Å²) in [6.07, 6.45) is 0.910. The summed E-state index contributed by atoms with van der Waals surface area (Å²) in [6.45, 7) is 5.91. The maximum absolute atomic E-state index is 12.6. The van der Waals surface area contributed by atoms with Crippen molar-refractivity contribution in [3.05, 3.63) is 29.3 Å². The number of hydrogen-bond acceptors (Lipinski definition) is 4. The summed E-state index contributed by atoms with van der Waals surface area (Å²) < 4.78 is 5.44. The van der Waals surface area contributed by atoms with Crippen molar-refractivity contribution in [2.45, 2.75) is 26.3 Å². The number of benzene rings is 1. The molecule has 0 spiro atoms. The number of nitrogens with one attached hydrogen (secondary N) is 1. The van der Waals surface area contributed by atoms with E-state index in [4.69, 9.17) is 10.6 Å². The largest absolute Gasteiger partial charge is 0.377 e. The van der Waals surface area contributed by atoms with Crippen molar-refractivity contribution in [2.24, 2.45) is 5.84 Å². The topological polar surface area (TPSA) is 67.6 Å². The van der Waals surface area contributed by atoms with Crippen LogP contribution in [0.1, 0.15) is 29.3 Å². The number of nitrogens with two attached hydrogens (primary N) is 1. The SMILES string of the molecule is CCC1COCCN1C(=O)c1ccc(NN)cc1C. The van der Waals surface area contributed by atoms with Crippen LogP contribution in [0.15, 0.2) is 18.2 Å². The van der Waals surface area contributed by atoms with Crippen molar-refractivity contribution in [2.75, 3.05) is 25.2 Å². The molecule has 0 aliphatic carbocycles. The first-order chi connectivity index (χ1) is 9.17. The van der Waals surface area contributed by atoms with E-state index in [9.17, 15) is 4.79 Å². The second-order valence-electron chi connectivity index (χ2n) is 4.81. The molecule has 1 fully saturated rings. The van der Waals surface area contributed by atoms with E-state index in [0.29, 0.717) is 19.8 Å². The number of ether oxygens (including phenoxy) is 1. The molecule has 1 amide bonds. The molecule has 3 N–H and O–H groups in total. The number of carbonyl (C=O) groups is 1. The van der Waals surface area contributed by atoms with Gasteiger partial charge in [0.15, 0.2) is 0 Å². The van der Waals surface area contributed by atoms with Gasteiger partial charge >= 0.3 is 0 Å². The van der Waals surface area contributed by atoms with Crippen LogP contribution in [0.3, 0.4) is 0 Å². The molecule has 1 saturated heterocycles. The van der Waals surface area contributed by atoms with Gasteiger partial charge in [0.2, 0.25) is 0 Å². The number of nitrogens with zero attached hydrogens (tertiary/aromatic N) is 1. The molecule has 1 atom stereocenters. The fourth-order valence-electron chi connectivity index (χ4n) is 2.41. The van der Waals surface area contributed by atoms with Gasteiger partial charge in [0.25, 0.3) is 5.91 Å². The zero-order valence-electron chi connectivity index (χ0n) is 11.5. The number of anilines is 1. The zero-order chi connectivity index (χ0) is 13.8. The molecule has 0 saturated carbocycles. The normalized spacial score (nSPS) is 19.3. The van der Waals surface area contributed by atoms with Gasteiger partial charge in [0.05, 0.1) is 19.3 Å². The Balaban J connectivity index is 2.23. The minimum atomic E-state index is 0.0798. The fraction of sp³-hybridized carbons (Fsp3) is 0.500. The number of aryl methyl sites for hydroxylation is 1. The van der Waals surface area contributed by atoms with Crippen molar-refractivity contribution in [1.29, 1.82) is 0 Å². The number of hydrogen-bond donors (Lipinski definition) is 2. The molecule has 1 aromatic carbocycles. The van der Waals surface area contributed by atoms with Crippen LogP contribution in [0.5, 0.6) is 0 Å². The minimum absolute atomic E-state index is 0.0798. The van der Waals surface area contributed by atoms with Gasteiger partial charge in [-0.1, -0.05) is 6.92 Å². The van der Waals surface area contributed by atoms with Gasteiger partial charge in [-0.25, -0.2) is 0 Å². The van der Waals surface area contributed by atoms with E-state index < -0.39 is 0 Å². The quantitative estimate of drug-likeness (QED) is 0.641. The molecule has 19 heavy (non-hydrogen) atoms. The van der Waals surface area contributed by atoms with Gasteiger partial charge in [-0.2, -0.15) is 0 Å². The Morgan fingerprint density at radius 1 is 1.58 bits per heavy atom. The number of carbonyl (C=O) groups excluding carboxylic acids is 1. The van der Waals surface area contributed by atoms with Crippen LogP contribution in [0, 0.1) is 6.92 Å². The maximum Gasteiger partial charge on any atom is 0.254 e. The molecule has 5 heteroatoms. The number of hydrazine groups is 1. The van der Waals surface area contributed by atoms with Gasteiger partial charge in [-0.05, 0) is 37.1 Å². The summed E-state index contributed by atoms with van der Waals surface area (Å²) in [4.78, 5) is 14.5. The molecule has 0 bridgehead atoms. The maximum atomic E-state index is 12.6. The van der Waals surface area contributed by atoms with Crippen LogP contribution in [0.4, 0.5) is 5.69 Å². The van der Waals surface area contributed by atoms with E-state index >= 15 is 0 Å². The minimum Gasteiger partial charge on any atom is -0.377 e. The van der Waals surface area contributed by atoms with Gasteiger partial charge < -0.3 is 15.1 Å². The molecule has 104 valence electrons. The predicted molar refractivity (Wildman–Crippen MR) is 74.9 cm³/mol. The van der Waals surface area contributed by atoms with E-state index in [1.54, 1.807) is 0 Å². The summed E-state index contributed by atoms with van der Waals surface area (Å²) in [6, 6.07) is 5.71. The highest BCUT2D eigenvalue weighted by atomic mass is 16.5. The summed E-state index contributed by atoms with van der Waals surface area (Å²) in [5.41, 5.74) is 5.06. The highest BCUT2D eigenvalue weighted by Gasteiger charge is 2.27. The van der Waals surface area contributed by atoms with E-state index in [-0.39, 0.29) is 11.9 Å². The Hall–Kier alpha value is -1.59. The average molecular weight is 263 g/mol. The first-order valence-electron chi connectivity index (χ1n) is 6.63. The number of nitrogen functional groups attached to an aromatic ring is 1. The Morgan fingerprint density at radius 3 is 3.00 bits per heavy atom. The van der Waals surface area contributed by atoms with Gasteiger partial charge in [-0.15, -0.1) is 0 Å². The van der Waals surface area contributed by atoms with Crippen LogP contribution in [-0.4, -0.2) is 36.6 Å². The third-order valence-corrected chi connectivity index (χ3v) is 3.58. The molecule has 2 rings (SSSR count). The van der Waals surface area contributed by atoms with E-state index in [1.807, 2.05) is 30.0 Å². The second-order valence-corrected chi connectivity index (χ2v) is 4.81. The molecule has 5 nitrogen and oxygen atoms in total. The number of amides is 1. The fourth-order valence-corrected chi connectivity index (χ4v) is 2.41. The molecule has 1 heterocycles. The zero-order valence-corrected chi connectivity index (χ0v) is 11.5. The summed E-state index contributed by atoms with van der Waals surface area (Å²) in [5.74, 6) is 5.45. The summed E-state index contributed by atoms with van der Waals surface area (Å²) in [5, 5.41) is 0. The van der Waals surface area contributed by atoms with Crippen LogP contribution < -0.4 is 11.3 Å². The predicted octanol–water partition coefficient (Wildman–Crippen LogP) is 1.53. The molecular weight excluding hydrogens is 242 g/mol. The lowest BCUT2D eigenvalue weighted by Gasteiger charge is -2.35. The van der Waals surface area contributed by atoms with Crippen LogP contribution >= 0.6 is 0 Å². The summed E-state index contributed by atoms with van der Waals surface area (Å²) in [7, 11) is 0. The van der Waals surface area contributed by atoms with Crippen molar-refractivity contribution in [3.63, 3.8) is 0 Å². The van der Waals surface area contributed by atoms with Crippen molar-refractivity contribution >= 4 is 11.6 Å². The molecule has 0 aromatic heterocycles. The average Bonchev–Trinajstić information content (AvgIpc) is 2.46. The molecule has 1 aliphatic heterocycles. The van der Waals surface area contributed by atoms with E-state index in [0.717, 1.165) is 23.2 Å². The third kappa shape index (κ3) is 2.88. The first kappa shape index (κ1) is 13.8. The number of morpholine rings is 1. The van der Waals surface area contributed by atoms with Gasteiger partial charge in [0, 0.05) is 17.8 Å².